The fraction of sp³-hybridized carbons (Fsp3) is 0.933. The summed E-state index contributed by atoms with van der Waals surface area (Å²) in [5.74, 6) is 1.23. The molecule has 116 valence electrons. The summed E-state index contributed by atoms with van der Waals surface area (Å²) in [7, 11) is 0. The minimum Gasteiger partial charge on any atom is -0.381 e. The Morgan fingerprint density at radius 1 is 1.10 bits per heavy atom. The lowest BCUT2D eigenvalue weighted by Gasteiger charge is -2.42. The molecule has 0 aromatic heterocycles. The molecule has 0 radical (unpaired) electrons. The lowest BCUT2D eigenvalue weighted by Crippen LogP contribution is -2.63. The van der Waals surface area contributed by atoms with Gasteiger partial charge in [0, 0.05) is 25.8 Å². The highest BCUT2D eigenvalue weighted by atomic mass is 35.5. The number of ether oxygens (including phenoxy) is 1. The molecule has 2 N–H and O–H groups in total. The first-order chi connectivity index (χ1) is 9.39. The summed E-state index contributed by atoms with van der Waals surface area (Å²) < 4.78 is 5.53. The van der Waals surface area contributed by atoms with E-state index in [2.05, 4.69) is 10.6 Å². The Hall–Kier alpha value is -0.320. The Morgan fingerprint density at radius 2 is 1.80 bits per heavy atom. The van der Waals surface area contributed by atoms with Crippen LogP contribution in [0.5, 0.6) is 0 Å². The zero-order chi connectivity index (χ0) is 13.0. The van der Waals surface area contributed by atoms with Gasteiger partial charge in [-0.2, -0.15) is 0 Å². The molecule has 2 fully saturated rings. The summed E-state index contributed by atoms with van der Waals surface area (Å²) in [5, 5.41) is 7.51. The first-order valence-corrected chi connectivity index (χ1v) is 8.03. The van der Waals surface area contributed by atoms with Gasteiger partial charge in [0.15, 0.2) is 0 Å². The van der Waals surface area contributed by atoms with E-state index in [1.54, 1.807) is 0 Å². The molecule has 0 unspecified atom stereocenters. The SMILES string of the molecule is C1CCCC(NC2=NCCNC23CCOCC3)CC1.Cl. The predicted molar refractivity (Wildman–Crippen MR) is 85.0 cm³/mol. The van der Waals surface area contributed by atoms with Crippen LogP contribution in [0.25, 0.3) is 0 Å². The van der Waals surface area contributed by atoms with Gasteiger partial charge >= 0.3 is 0 Å². The standard InChI is InChI=1S/C15H27N3O.ClH/c1-2-4-6-13(5-3-1)18-14-15(17-10-9-16-14)7-11-19-12-8-15;/h13,17H,1-12H2,(H,16,18);1H. The van der Waals surface area contributed by atoms with Crippen LogP contribution in [-0.2, 0) is 4.74 Å². The van der Waals surface area contributed by atoms with Crippen molar-refractivity contribution >= 4 is 18.2 Å². The Bertz CT molecular complexity index is 321. The van der Waals surface area contributed by atoms with E-state index in [1.807, 2.05) is 0 Å². The van der Waals surface area contributed by atoms with Gasteiger partial charge in [-0.25, -0.2) is 0 Å². The first-order valence-electron chi connectivity index (χ1n) is 8.03. The molecule has 1 spiro atoms. The Balaban J connectivity index is 0.00000147. The molecule has 5 heteroatoms. The highest BCUT2D eigenvalue weighted by Crippen LogP contribution is 2.25. The number of hydrogen-bond donors (Lipinski definition) is 2. The van der Waals surface area contributed by atoms with Gasteiger partial charge in [0.2, 0.25) is 0 Å². The van der Waals surface area contributed by atoms with Crippen LogP contribution in [0.4, 0.5) is 0 Å². The molecule has 2 heterocycles. The maximum absolute atomic E-state index is 5.53. The molecule has 2 aliphatic heterocycles. The summed E-state index contributed by atoms with van der Waals surface area (Å²) >= 11 is 0. The van der Waals surface area contributed by atoms with Crippen molar-refractivity contribution < 1.29 is 4.74 Å². The second-order valence-electron chi connectivity index (χ2n) is 6.18. The van der Waals surface area contributed by atoms with Crippen LogP contribution in [0, 0.1) is 0 Å². The third-order valence-corrected chi connectivity index (χ3v) is 4.84. The van der Waals surface area contributed by atoms with Gasteiger partial charge in [-0.1, -0.05) is 25.7 Å². The Labute approximate surface area is 128 Å². The van der Waals surface area contributed by atoms with E-state index in [1.165, 1.54) is 44.4 Å². The van der Waals surface area contributed by atoms with Crippen LogP contribution in [0.3, 0.4) is 0 Å². The largest absolute Gasteiger partial charge is 0.381 e. The maximum Gasteiger partial charge on any atom is 0.117 e. The number of aliphatic imine (C=N–C) groups is 1. The molecule has 1 saturated heterocycles. The van der Waals surface area contributed by atoms with Gasteiger partial charge in [-0.05, 0) is 25.7 Å². The minimum absolute atomic E-state index is 0. The number of halogens is 1. The molecular formula is C15H28ClN3O. The summed E-state index contributed by atoms with van der Waals surface area (Å²) in [6, 6.07) is 0.640. The fourth-order valence-corrected chi connectivity index (χ4v) is 3.63. The van der Waals surface area contributed by atoms with Gasteiger partial charge in [0.25, 0.3) is 0 Å². The fourth-order valence-electron chi connectivity index (χ4n) is 3.63. The lowest BCUT2D eigenvalue weighted by atomic mass is 9.86. The van der Waals surface area contributed by atoms with Crippen molar-refractivity contribution in [3.8, 4) is 0 Å². The van der Waals surface area contributed by atoms with Crippen LogP contribution >= 0.6 is 12.4 Å². The van der Waals surface area contributed by atoms with E-state index in [9.17, 15) is 0 Å². The smallest absolute Gasteiger partial charge is 0.117 e. The number of rotatable bonds is 1. The molecule has 3 aliphatic rings. The zero-order valence-corrected chi connectivity index (χ0v) is 13.1. The molecule has 4 nitrogen and oxygen atoms in total. The molecule has 1 aliphatic carbocycles. The normalized spacial score (nSPS) is 27.3. The Kier molecular flexibility index (Phi) is 6.12. The van der Waals surface area contributed by atoms with Crippen LogP contribution in [-0.4, -0.2) is 43.7 Å². The quantitative estimate of drug-likeness (QED) is 0.730. The van der Waals surface area contributed by atoms with E-state index >= 15 is 0 Å². The highest BCUT2D eigenvalue weighted by Gasteiger charge is 2.39. The number of nitrogens with one attached hydrogen (secondary N) is 2. The van der Waals surface area contributed by atoms with Gasteiger partial charge in [0.1, 0.15) is 5.84 Å². The van der Waals surface area contributed by atoms with E-state index < -0.39 is 0 Å². The number of amidine groups is 1. The van der Waals surface area contributed by atoms with E-state index in [-0.39, 0.29) is 17.9 Å². The molecule has 20 heavy (non-hydrogen) atoms. The van der Waals surface area contributed by atoms with Gasteiger partial charge in [-0.3, -0.25) is 4.99 Å². The van der Waals surface area contributed by atoms with Gasteiger partial charge < -0.3 is 15.4 Å². The molecule has 0 aromatic rings. The molecule has 0 bridgehead atoms. The summed E-state index contributed by atoms with van der Waals surface area (Å²) in [5.41, 5.74) is 0.0861. The zero-order valence-electron chi connectivity index (χ0n) is 12.3. The van der Waals surface area contributed by atoms with Gasteiger partial charge in [-0.15, -0.1) is 12.4 Å². The monoisotopic (exact) mass is 301 g/mol. The van der Waals surface area contributed by atoms with Crippen molar-refractivity contribution in [2.75, 3.05) is 26.3 Å². The van der Waals surface area contributed by atoms with Crippen molar-refractivity contribution in [1.82, 2.24) is 10.6 Å². The van der Waals surface area contributed by atoms with Crippen molar-refractivity contribution in [2.45, 2.75) is 62.9 Å². The number of nitrogens with zero attached hydrogens (tertiary/aromatic N) is 1. The summed E-state index contributed by atoms with van der Waals surface area (Å²) in [6.45, 7) is 3.64. The third kappa shape index (κ3) is 3.66. The van der Waals surface area contributed by atoms with Crippen LogP contribution in [0.1, 0.15) is 51.4 Å². The van der Waals surface area contributed by atoms with Crippen molar-refractivity contribution in [3.63, 3.8) is 0 Å². The second-order valence-corrected chi connectivity index (χ2v) is 6.18. The molecule has 0 aromatic carbocycles. The van der Waals surface area contributed by atoms with Crippen LogP contribution in [0.2, 0.25) is 0 Å². The van der Waals surface area contributed by atoms with Crippen molar-refractivity contribution in [2.24, 2.45) is 4.99 Å². The topological polar surface area (TPSA) is 45.7 Å². The minimum atomic E-state index is 0. The Morgan fingerprint density at radius 3 is 2.50 bits per heavy atom. The lowest BCUT2D eigenvalue weighted by molar-refractivity contribution is 0.0592. The second kappa shape index (κ2) is 7.62. The van der Waals surface area contributed by atoms with Crippen LogP contribution < -0.4 is 10.6 Å². The van der Waals surface area contributed by atoms with Crippen molar-refractivity contribution in [1.29, 1.82) is 0 Å². The molecule has 0 atom stereocenters. The third-order valence-electron chi connectivity index (χ3n) is 4.84. The van der Waals surface area contributed by atoms with E-state index in [0.717, 1.165) is 39.1 Å². The van der Waals surface area contributed by atoms with E-state index in [4.69, 9.17) is 9.73 Å². The first kappa shape index (κ1) is 16.1. The average molecular weight is 302 g/mol. The molecular weight excluding hydrogens is 274 g/mol. The highest BCUT2D eigenvalue weighted by molar-refractivity contribution is 5.92. The van der Waals surface area contributed by atoms with E-state index in [0.29, 0.717) is 6.04 Å². The predicted octanol–water partition coefficient (Wildman–Crippen LogP) is 2.27. The molecule has 0 amide bonds. The average Bonchev–Trinajstić information content (AvgIpc) is 2.71. The van der Waals surface area contributed by atoms with Gasteiger partial charge in [0.05, 0.1) is 12.1 Å². The number of hydrogen-bond acceptors (Lipinski definition) is 4. The molecule has 1 saturated carbocycles. The summed E-state index contributed by atoms with van der Waals surface area (Å²) in [4.78, 5) is 4.82. The van der Waals surface area contributed by atoms with Crippen molar-refractivity contribution in [3.05, 3.63) is 0 Å². The maximum atomic E-state index is 5.53. The molecule has 3 rings (SSSR count). The summed E-state index contributed by atoms with van der Waals surface area (Å²) in [6.07, 6.45) is 10.3. The van der Waals surface area contributed by atoms with Crippen LogP contribution in [0.15, 0.2) is 4.99 Å².